The molecule has 12 nitrogen and oxygen atoms in total. The van der Waals surface area contributed by atoms with Crippen LogP contribution in [0.2, 0.25) is 0 Å². The SMILES string of the molecule is COC(=O)c1ccc(-c2c3nc(c(-c4cc(OCc5cc(O)cc(OC)c5)cc(OCc5cc(O)cc(OC)c5)c4)c4ccc(cc5nc(cc6ccc2[nH]6)C=C5)[nH]4)C=C3)cc1. The summed E-state index contributed by atoms with van der Waals surface area (Å²) in [4.78, 5) is 29.7. The number of phenols is 2. The van der Waals surface area contributed by atoms with Crippen molar-refractivity contribution in [3.05, 3.63) is 155 Å². The highest BCUT2D eigenvalue weighted by Gasteiger charge is 2.18. The molecule has 2 aliphatic heterocycles. The van der Waals surface area contributed by atoms with Gasteiger partial charge in [0.2, 0.25) is 0 Å². The summed E-state index contributed by atoms with van der Waals surface area (Å²) in [7, 11) is 4.44. The number of carbonyl (C=O) groups is 1. The topological polar surface area (TPSA) is 161 Å². The van der Waals surface area contributed by atoms with E-state index in [1.165, 1.54) is 33.5 Å². The van der Waals surface area contributed by atoms with E-state index in [4.69, 9.17) is 33.7 Å². The molecule has 9 rings (SSSR count). The minimum atomic E-state index is -0.425. The van der Waals surface area contributed by atoms with Crippen LogP contribution in [0.3, 0.4) is 0 Å². The molecular weight excluding hydrogens is 785 g/mol. The monoisotopic (exact) mass is 824 g/mol. The average molecular weight is 825 g/mol. The predicted molar refractivity (Wildman–Crippen MR) is 239 cm³/mol. The average Bonchev–Trinajstić information content (AvgIpc) is 4.12. The molecule has 5 heterocycles. The van der Waals surface area contributed by atoms with E-state index in [0.29, 0.717) is 51.1 Å². The maximum absolute atomic E-state index is 12.4. The van der Waals surface area contributed by atoms with Crippen LogP contribution in [0, 0.1) is 0 Å². The van der Waals surface area contributed by atoms with Gasteiger partial charge in [0.25, 0.3) is 0 Å². The van der Waals surface area contributed by atoms with Crippen molar-refractivity contribution in [2.24, 2.45) is 0 Å². The van der Waals surface area contributed by atoms with Crippen molar-refractivity contribution in [3.8, 4) is 56.8 Å². The number of benzene rings is 4. The van der Waals surface area contributed by atoms with Gasteiger partial charge in [-0.05, 0) is 131 Å². The summed E-state index contributed by atoms with van der Waals surface area (Å²) in [5, 5.41) is 20.7. The normalized spacial score (nSPS) is 11.7. The molecule has 3 aromatic heterocycles. The van der Waals surface area contributed by atoms with Crippen LogP contribution in [-0.2, 0) is 18.0 Å². The van der Waals surface area contributed by atoms with E-state index in [-0.39, 0.29) is 24.7 Å². The number of esters is 1. The molecule has 0 atom stereocenters. The van der Waals surface area contributed by atoms with E-state index in [1.54, 1.807) is 42.5 Å². The number of aromatic hydroxyl groups is 2. The molecule has 0 amide bonds. The van der Waals surface area contributed by atoms with Gasteiger partial charge < -0.3 is 43.9 Å². The molecule has 0 saturated heterocycles. The molecule has 2 aliphatic rings. The molecule has 4 aromatic carbocycles. The van der Waals surface area contributed by atoms with Crippen molar-refractivity contribution in [2.45, 2.75) is 13.2 Å². The number of nitrogens with one attached hydrogen (secondary N) is 2. The first-order valence-corrected chi connectivity index (χ1v) is 19.6. The molecule has 0 spiro atoms. The molecule has 0 saturated carbocycles. The molecule has 7 aromatic rings. The number of hydrogen-bond acceptors (Lipinski definition) is 10. The summed E-state index contributed by atoms with van der Waals surface area (Å²) >= 11 is 0. The van der Waals surface area contributed by atoms with Crippen LogP contribution in [0.15, 0.2) is 115 Å². The van der Waals surface area contributed by atoms with Crippen LogP contribution in [-0.4, -0.2) is 57.4 Å². The highest BCUT2D eigenvalue weighted by atomic mass is 16.5. The zero-order valence-electron chi connectivity index (χ0n) is 33.9. The second kappa shape index (κ2) is 16.8. The van der Waals surface area contributed by atoms with E-state index in [9.17, 15) is 15.0 Å². The largest absolute Gasteiger partial charge is 0.508 e. The van der Waals surface area contributed by atoms with Gasteiger partial charge in [0, 0.05) is 51.4 Å². The summed E-state index contributed by atoms with van der Waals surface area (Å²) in [6.07, 6.45) is 7.89. The summed E-state index contributed by atoms with van der Waals surface area (Å²) in [5.41, 5.74) is 11.2. The fraction of sp³-hybridized carbons (Fsp3) is 0.100. The molecular formula is C50H40N4O8. The maximum atomic E-state index is 12.4. The van der Waals surface area contributed by atoms with Crippen molar-refractivity contribution in [1.82, 2.24) is 19.9 Å². The van der Waals surface area contributed by atoms with Crippen LogP contribution in [0.25, 0.3) is 68.6 Å². The Morgan fingerprint density at radius 3 is 1.55 bits per heavy atom. The standard InChI is InChI=1S/C50H40N4O8/c1-58-40-18-29(16-38(55)24-40)27-61-42-20-33(21-43(26-42)62-28-30-17-39(56)25-41(19-30)59-2)49-45-13-11-37(53-45)23-35-9-8-34(51-35)22-36-10-12-44(52-36)48(46-14-15-47(49)54-46)31-4-6-32(7-5-31)50(57)60-3/h4-26,52-53,55-56H,27-28H2,1-3H3. The Morgan fingerprint density at radius 2 is 1.05 bits per heavy atom. The number of aromatic nitrogens is 4. The predicted octanol–water partition coefficient (Wildman–Crippen LogP) is 10.4. The maximum Gasteiger partial charge on any atom is 0.337 e. The van der Waals surface area contributed by atoms with E-state index < -0.39 is 5.97 Å². The number of H-pyrrole nitrogens is 2. The van der Waals surface area contributed by atoms with Gasteiger partial charge in [0.15, 0.2) is 0 Å². The van der Waals surface area contributed by atoms with Crippen LogP contribution in [0.5, 0.6) is 34.5 Å². The van der Waals surface area contributed by atoms with Gasteiger partial charge in [-0.1, -0.05) is 12.1 Å². The molecule has 308 valence electrons. The summed E-state index contributed by atoms with van der Waals surface area (Å²) < 4.78 is 28.6. The molecule has 0 aliphatic carbocycles. The van der Waals surface area contributed by atoms with Crippen molar-refractivity contribution in [2.75, 3.05) is 21.3 Å². The molecule has 62 heavy (non-hydrogen) atoms. The third kappa shape index (κ3) is 8.43. The second-order valence-corrected chi connectivity index (χ2v) is 14.6. The fourth-order valence-electron chi connectivity index (χ4n) is 7.48. The lowest BCUT2D eigenvalue weighted by Crippen LogP contribution is -2.00. The first-order chi connectivity index (χ1) is 30.2. The third-order valence-electron chi connectivity index (χ3n) is 10.3. The van der Waals surface area contributed by atoms with Crippen LogP contribution < -0.4 is 18.9 Å². The quantitative estimate of drug-likeness (QED) is 0.0924. The Hall–Kier alpha value is -8.25. The number of phenolic OH excluding ortho intramolecular Hbond substituents is 2. The molecule has 4 N–H and O–H groups in total. The molecule has 0 unspecified atom stereocenters. The van der Waals surface area contributed by atoms with Crippen molar-refractivity contribution < 1.29 is 38.7 Å². The van der Waals surface area contributed by atoms with Gasteiger partial charge in [-0.3, -0.25) is 0 Å². The van der Waals surface area contributed by atoms with E-state index in [1.807, 2.05) is 85.0 Å². The van der Waals surface area contributed by atoms with Crippen LogP contribution in [0.4, 0.5) is 0 Å². The number of methoxy groups -OCH3 is 3. The molecule has 0 fully saturated rings. The number of aromatic amines is 2. The van der Waals surface area contributed by atoms with Gasteiger partial charge in [-0.2, -0.15) is 0 Å². The van der Waals surface area contributed by atoms with Crippen molar-refractivity contribution in [3.63, 3.8) is 0 Å². The van der Waals surface area contributed by atoms with E-state index in [2.05, 4.69) is 9.97 Å². The van der Waals surface area contributed by atoms with Gasteiger partial charge in [-0.15, -0.1) is 0 Å². The Kier molecular flexibility index (Phi) is 10.6. The van der Waals surface area contributed by atoms with Gasteiger partial charge in [0.05, 0.1) is 49.7 Å². The lowest BCUT2D eigenvalue weighted by Gasteiger charge is -2.14. The summed E-state index contributed by atoms with van der Waals surface area (Å²) in [5.74, 6) is 1.65. The minimum Gasteiger partial charge on any atom is -0.508 e. The number of ether oxygens (including phenoxy) is 5. The smallest absolute Gasteiger partial charge is 0.337 e. The lowest BCUT2D eigenvalue weighted by molar-refractivity contribution is 0.0600. The Labute approximate surface area is 356 Å². The third-order valence-corrected chi connectivity index (χ3v) is 10.3. The number of carbonyl (C=O) groups excluding carboxylic acids is 1. The second-order valence-electron chi connectivity index (χ2n) is 14.6. The Balaban J connectivity index is 1.25. The van der Waals surface area contributed by atoms with Crippen LogP contribution in [0.1, 0.15) is 44.3 Å². The van der Waals surface area contributed by atoms with Crippen molar-refractivity contribution >= 4 is 52.3 Å². The fourth-order valence-corrected chi connectivity index (χ4v) is 7.48. The van der Waals surface area contributed by atoms with E-state index >= 15 is 0 Å². The molecule has 0 radical (unpaired) electrons. The number of fused-ring (bicyclic) bond motifs is 8. The first-order valence-electron chi connectivity index (χ1n) is 19.6. The molecule has 12 heteroatoms. The highest BCUT2D eigenvalue weighted by Crippen LogP contribution is 2.38. The zero-order valence-corrected chi connectivity index (χ0v) is 33.9. The summed E-state index contributed by atoms with van der Waals surface area (Å²) in [6, 6.07) is 34.8. The lowest BCUT2D eigenvalue weighted by atomic mass is 10.0. The van der Waals surface area contributed by atoms with Gasteiger partial charge >= 0.3 is 5.97 Å². The van der Waals surface area contributed by atoms with Gasteiger partial charge in [-0.25, -0.2) is 14.8 Å². The summed E-state index contributed by atoms with van der Waals surface area (Å²) in [6.45, 7) is 0.231. The minimum absolute atomic E-state index is 0.0544. The number of rotatable bonds is 11. The van der Waals surface area contributed by atoms with E-state index in [0.717, 1.165) is 55.7 Å². The molecule has 8 bridgehead atoms. The van der Waals surface area contributed by atoms with Crippen molar-refractivity contribution in [1.29, 1.82) is 0 Å². The van der Waals surface area contributed by atoms with Gasteiger partial charge in [0.1, 0.15) is 47.7 Å². The Morgan fingerprint density at radius 1 is 0.532 bits per heavy atom. The first kappa shape index (κ1) is 39.2. The van der Waals surface area contributed by atoms with Crippen LogP contribution >= 0.6 is 0 Å². The zero-order chi connectivity index (χ0) is 42.7. The Bertz CT molecular complexity index is 3020. The number of nitrogens with zero attached hydrogens (tertiary/aromatic N) is 2. The highest BCUT2D eigenvalue weighted by molar-refractivity contribution is 5.96. The number of hydrogen-bond donors (Lipinski definition) is 4.